The second-order valence-electron chi connectivity index (χ2n) is 5.08. The van der Waals surface area contributed by atoms with Crippen molar-refractivity contribution >= 4 is 52.4 Å². The maximum atomic E-state index is 13.0. The first-order chi connectivity index (χ1) is 11.0. The van der Waals surface area contributed by atoms with E-state index in [0.29, 0.717) is 32.3 Å². The van der Waals surface area contributed by atoms with Gasteiger partial charge in [-0.3, -0.25) is 9.69 Å². The average molecular weight is 369 g/mol. The van der Waals surface area contributed by atoms with E-state index in [-0.39, 0.29) is 12.1 Å². The minimum atomic E-state index is -0.281. The fourth-order valence-electron chi connectivity index (χ4n) is 2.53. The molecule has 3 rings (SSSR count). The molecule has 0 saturated carbocycles. The van der Waals surface area contributed by atoms with Gasteiger partial charge in [0.05, 0.1) is 15.7 Å². The molecule has 0 aliphatic carbocycles. The van der Waals surface area contributed by atoms with Crippen LogP contribution < -0.4 is 9.80 Å². The van der Waals surface area contributed by atoms with Crippen LogP contribution in [0, 0.1) is 0 Å². The van der Waals surface area contributed by atoms with Crippen LogP contribution in [0.4, 0.5) is 11.5 Å². The highest BCUT2D eigenvalue weighted by molar-refractivity contribution is 7.98. The Hall–Kier alpha value is -1.50. The van der Waals surface area contributed by atoms with Crippen molar-refractivity contribution in [1.29, 1.82) is 0 Å². The Balaban J connectivity index is 2.16. The number of hydrogen-bond acceptors (Lipinski definition) is 5. The third-order valence-electron chi connectivity index (χ3n) is 3.83. The van der Waals surface area contributed by atoms with Gasteiger partial charge in [-0.1, -0.05) is 41.0 Å². The molecular formula is C15H14Cl2N4OS. The highest BCUT2D eigenvalue weighted by Gasteiger charge is 2.37. The maximum Gasteiger partial charge on any atom is 0.265 e. The maximum absolute atomic E-state index is 13.0. The molecular weight excluding hydrogens is 355 g/mol. The first-order valence-corrected chi connectivity index (χ1v) is 8.85. The lowest BCUT2D eigenvalue weighted by Crippen LogP contribution is -2.53. The van der Waals surface area contributed by atoms with Crippen LogP contribution in [0.2, 0.25) is 10.0 Å². The summed E-state index contributed by atoms with van der Waals surface area (Å²) in [5.74, 6) is 0.398. The van der Waals surface area contributed by atoms with Gasteiger partial charge in [-0.2, -0.15) is 0 Å². The van der Waals surface area contributed by atoms with Gasteiger partial charge in [0.15, 0.2) is 5.16 Å². The van der Waals surface area contributed by atoms with Crippen LogP contribution in [0.5, 0.6) is 0 Å². The Morgan fingerprint density at radius 2 is 1.91 bits per heavy atom. The minimum Gasteiger partial charge on any atom is -0.338 e. The van der Waals surface area contributed by atoms with Crippen LogP contribution in [0.1, 0.15) is 17.3 Å². The summed E-state index contributed by atoms with van der Waals surface area (Å²) in [6.07, 6.45) is 3.17. The van der Waals surface area contributed by atoms with E-state index in [4.69, 9.17) is 23.2 Å². The molecule has 0 bridgehead atoms. The highest BCUT2D eigenvalue weighted by Crippen LogP contribution is 2.39. The lowest BCUT2D eigenvalue weighted by atomic mass is 10.1. The van der Waals surface area contributed by atoms with Gasteiger partial charge in [0.2, 0.25) is 0 Å². The molecule has 23 heavy (non-hydrogen) atoms. The van der Waals surface area contributed by atoms with Crippen molar-refractivity contribution in [1.82, 2.24) is 9.97 Å². The van der Waals surface area contributed by atoms with E-state index in [2.05, 4.69) is 9.97 Å². The van der Waals surface area contributed by atoms with E-state index < -0.39 is 0 Å². The predicted octanol–water partition coefficient (Wildman–Crippen LogP) is 3.95. The summed E-state index contributed by atoms with van der Waals surface area (Å²) in [7, 11) is 1.88. The number of carbonyl (C=O) groups is 1. The first-order valence-electron chi connectivity index (χ1n) is 6.87. The summed E-state index contributed by atoms with van der Waals surface area (Å²) in [5, 5.41) is 1.48. The van der Waals surface area contributed by atoms with Crippen LogP contribution in [0.25, 0.3) is 0 Å². The molecule has 1 unspecified atom stereocenters. The van der Waals surface area contributed by atoms with Gasteiger partial charge < -0.3 is 4.90 Å². The molecule has 1 aliphatic heterocycles. The summed E-state index contributed by atoms with van der Waals surface area (Å²) in [6, 6.07) is 5.18. The summed E-state index contributed by atoms with van der Waals surface area (Å²) < 4.78 is 0. The monoisotopic (exact) mass is 368 g/mol. The molecule has 2 aromatic rings. The number of aromatic nitrogens is 2. The van der Waals surface area contributed by atoms with Gasteiger partial charge in [-0.25, -0.2) is 9.97 Å². The van der Waals surface area contributed by atoms with Gasteiger partial charge in [-0.15, -0.1) is 0 Å². The molecule has 1 atom stereocenters. The van der Waals surface area contributed by atoms with E-state index in [9.17, 15) is 4.79 Å². The van der Waals surface area contributed by atoms with Gasteiger partial charge in [-0.05, 0) is 25.3 Å². The lowest BCUT2D eigenvalue weighted by molar-refractivity contribution is 0.0971. The Morgan fingerprint density at radius 3 is 2.52 bits per heavy atom. The van der Waals surface area contributed by atoms with Crippen LogP contribution in [0.3, 0.4) is 0 Å². The smallest absolute Gasteiger partial charge is 0.265 e. The molecule has 1 aliphatic rings. The fourth-order valence-corrected chi connectivity index (χ4v) is 3.45. The van der Waals surface area contributed by atoms with Gasteiger partial charge in [0.1, 0.15) is 17.5 Å². The Morgan fingerprint density at radius 1 is 1.26 bits per heavy atom. The van der Waals surface area contributed by atoms with E-state index in [0.717, 1.165) is 0 Å². The summed E-state index contributed by atoms with van der Waals surface area (Å²) >= 11 is 14.0. The van der Waals surface area contributed by atoms with Crippen molar-refractivity contribution in [3.8, 4) is 0 Å². The van der Waals surface area contributed by atoms with Crippen LogP contribution in [0.15, 0.2) is 29.6 Å². The Bertz CT molecular complexity index is 766. The summed E-state index contributed by atoms with van der Waals surface area (Å²) in [5.41, 5.74) is 0.930. The number of carbonyl (C=O) groups excluding carboxylic acids is 1. The minimum absolute atomic E-state index is 0.215. The molecule has 0 fully saturated rings. The van der Waals surface area contributed by atoms with Crippen LogP contribution in [-0.2, 0) is 0 Å². The largest absolute Gasteiger partial charge is 0.338 e. The average Bonchev–Trinajstić information content (AvgIpc) is 2.55. The number of hydrogen-bond donors (Lipinski definition) is 0. The zero-order valence-corrected chi connectivity index (χ0v) is 15.1. The molecule has 5 nitrogen and oxygen atoms in total. The predicted molar refractivity (Wildman–Crippen MR) is 94.9 cm³/mol. The normalized spacial score (nSPS) is 17.4. The molecule has 1 aromatic carbocycles. The number of para-hydroxylation sites is 1. The van der Waals surface area contributed by atoms with Gasteiger partial charge in [0, 0.05) is 13.2 Å². The van der Waals surface area contributed by atoms with E-state index >= 15 is 0 Å². The molecule has 2 heterocycles. The highest BCUT2D eigenvalue weighted by atomic mass is 35.5. The van der Waals surface area contributed by atoms with Crippen molar-refractivity contribution < 1.29 is 4.79 Å². The molecule has 1 aromatic heterocycles. The number of thioether (sulfide) groups is 1. The first kappa shape index (κ1) is 16.4. The summed E-state index contributed by atoms with van der Waals surface area (Å²) in [6.45, 7) is 1.90. The number of fused-ring (bicyclic) bond motifs is 1. The molecule has 120 valence electrons. The quantitative estimate of drug-likeness (QED) is 0.593. The molecule has 0 N–H and O–H groups in total. The Labute approximate surface area is 148 Å². The van der Waals surface area contributed by atoms with Crippen LogP contribution >= 0.6 is 35.0 Å². The third-order valence-corrected chi connectivity index (χ3v) is 5.00. The van der Waals surface area contributed by atoms with E-state index in [1.165, 1.54) is 11.8 Å². The number of benzene rings is 1. The lowest BCUT2D eigenvalue weighted by Gasteiger charge is -2.41. The SMILES string of the molecule is CSc1ncc2c(n1)N(C)C(C)N(c1c(Cl)cccc1Cl)C2=O. The second-order valence-corrected chi connectivity index (χ2v) is 6.67. The standard InChI is InChI=1S/C15H14Cl2N4OS/c1-8-20(2)13-9(7-18-15(19-13)23-3)14(22)21(8)12-10(16)5-4-6-11(12)17/h4-8H,1-3H3. The van der Waals surface area contributed by atoms with Crippen LogP contribution in [-0.4, -0.2) is 35.3 Å². The fraction of sp³-hybridized carbons (Fsp3) is 0.267. The third kappa shape index (κ3) is 2.65. The number of amides is 1. The van der Waals surface area contributed by atoms with Crippen molar-refractivity contribution in [2.45, 2.75) is 18.2 Å². The number of rotatable bonds is 2. The van der Waals surface area contributed by atoms with Crippen molar-refractivity contribution in [3.05, 3.63) is 40.0 Å². The molecule has 0 spiro atoms. The molecule has 0 radical (unpaired) electrons. The Kier molecular flexibility index (Phi) is 4.40. The molecule has 8 heteroatoms. The zero-order valence-electron chi connectivity index (χ0n) is 12.7. The molecule has 0 saturated heterocycles. The number of anilines is 2. The van der Waals surface area contributed by atoms with Crippen molar-refractivity contribution in [2.24, 2.45) is 0 Å². The van der Waals surface area contributed by atoms with Gasteiger partial charge >= 0.3 is 0 Å². The number of halogens is 2. The zero-order chi connectivity index (χ0) is 16.7. The van der Waals surface area contributed by atoms with Gasteiger partial charge in [0.25, 0.3) is 5.91 Å². The van der Waals surface area contributed by atoms with Crippen molar-refractivity contribution in [3.63, 3.8) is 0 Å². The topological polar surface area (TPSA) is 49.3 Å². The number of nitrogens with zero attached hydrogens (tertiary/aromatic N) is 4. The second kappa shape index (κ2) is 6.19. The summed E-state index contributed by atoms with van der Waals surface area (Å²) in [4.78, 5) is 25.1. The molecule has 1 amide bonds. The van der Waals surface area contributed by atoms with E-state index in [1.807, 2.05) is 25.1 Å². The van der Waals surface area contributed by atoms with Crippen molar-refractivity contribution in [2.75, 3.05) is 23.1 Å². The van der Waals surface area contributed by atoms with E-state index in [1.54, 1.807) is 29.3 Å².